The van der Waals surface area contributed by atoms with Gasteiger partial charge in [-0.1, -0.05) is 57.3 Å². The van der Waals surface area contributed by atoms with Crippen molar-refractivity contribution in [2.45, 2.75) is 19.7 Å². The summed E-state index contributed by atoms with van der Waals surface area (Å²) in [6, 6.07) is 17.1. The van der Waals surface area contributed by atoms with Crippen LogP contribution in [-0.2, 0) is 19.7 Å². The number of rotatable bonds is 8. The topological polar surface area (TPSA) is 59.2 Å². The zero-order valence-electron chi connectivity index (χ0n) is 16.7. The summed E-state index contributed by atoms with van der Waals surface area (Å²) in [6.45, 7) is 1.43. The molecular formula is C23H20BrCl2N3O2. The van der Waals surface area contributed by atoms with Crippen LogP contribution in [0.4, 0.5) is 0 Å². The second-order valence-corrected chi connectivity index (χ2v) is 8.58. The van der Waals surface area contributed by atoms with Crippen LogP contribution in [0.2, 0.25) is 10.0 Å². The van der Waals surface area contributed by atoms with Crippen molar-refractivity contribution in [3.8, 4) is 11.5 Å². The number of para-hydroxylation sites is 2. The number of nitrogens with one attached hydrogen (secondary N) is 2. The van der Waals surface area contributed by atoms with Crippen molar-refractivity contribution in [3.63, 3.8) is 0 Å². The molecule has 0 amide bonds. The van der Waals surface area contributed by atoms with E-state index in [1.807, 2.05) is 42.5 Å². The summed E-state index contributed by atoms with van der Waals surface area (Å²) >= 11 is 15.9. The Hall–Kier alpha value is -2.25. The van der Waals surface area contributed by atoms with Crippen molar-refractivity contribution in [1.82, 2.24) is 15.3 Å². The number of ether oxygens (including phenoxy) is 2. The quantitative estimate of drug-likeness (QED) is 0.278. The van der Waals surface area contributed by atoms with Crippen LogP contribution in [-0.4, -0.2) is 17.1 Å². The van der Waals surface area contributed by atoms with Crippen LogP contribution in [0.15, 0.2) is 59.1 Å². The number of methoxy groups -OCH3 is 1. The highest BCUT2D eigenvalue weighted by Gasteiger charge is 2.16. The first-order valence-corrected chi connectivity index (χ1v) is 11.2. The normalized spacial score (nSPS) is 11.1. The number of nitrogens with zero attached hydrogens (tertiary/aromatic N) is 1. The molecule has 0 saturated carbocycles. The molecule has 0 unspecified atom stereocenters. The minimum atomic E-state index is 0.291. The molecule has 0 aliphatic heterocycles. The molecule has 1 aromatic heterocycles. The number of benzene rings is 3. The SMILES string of the molecule is COc1ccc(Br)c(CNCc2nc3ccccc3[nH]2)c1OCc1ccc(Cl)cc1Cl. The highest BCUT2D eigenvalue weighted by atomic mass is 79.9. The number of halogens is 3. The molecule has 0 aliphatic rings. The molecule has 31 heavy (non-hydrogen) atoms. The predicted molar refractivity (Wildman–Crippen MR) is 128 cm³/mol. The summed E-state index contributed by atoms with van der Waals surface area (Å²) < 4.78 is 12.6. The molecule has 5 nitrogen and oxygen atoms in total. The van der Waals surface area contributed by atoms with Crippen molar-refractivity contribution in [2.75, 3.05) is 7.11 Å². The average Bonchev–Trinajstić information content (AvgIpc) is 3.17. The Morgan fingerprint density at radius 2 is 1.90 bits per heavy atom. The maximum atomic E-state index is 6.30. The smallest absolute Gasteiger partial charge is 0.167 e. The zero-order chi connectivity index (χ0) is 21.8. The van der Waals surface area contributed by atoms with Gasteiger partial charge in [-0.05, 0) is 36.4 Å². The van der Waals surface area contributed by atoms with E-state index >= 15 is 0 Å². The Morgan fingerprint density at radius 3 is 2.68 bits per heavy atom. The van der Waals surface area contributed by atoms with Gasteiger partial charge in [0, 0.05) is 32.2 Å². The van der Waals surface area contributed by atoms with Gasteiger partial charge in [0.2, 0.25) is 0 Å². The summed E-state index contributed by atoms with van der Waals surface area (Å²) in [7, 11) is 1.62. The zero-order valence-corrected chi connectivity index (χ0v) is 19.8. The maximum absolute atomic E-state index is 6.30. The number of aromatic amines is 1. The third kappa shape index (κ3) is 5.15. The number of hydrogen-bond acceptors (Lipinski definition) is 4. The van der Waals surface area contributed by atoms with Gasteiger partial charge in [-0.3, -0.25) is 0 Å². The van der Waals surface area contributed by atoms with E-state index in [4.69, 9.17) is 32.7 Å². The van der Waals surface area contributed by atoms with E-state index in [0.717, 1.165) is 32.5 Å². The van der Waals surface area contributed by atoms with Gasteiger partial charge in [-0.15, -0.1) is 0 Å². The second kappa shape index (κ2) is 9.92. The molecule has 4 aromatic rings. The minimum Gasteiger partial charge on any atom is -0.493 e. The lowest BCUT2D eigenvalue weighted by atomic mass is 10.1. The number of imidazole rings is 1. The highest BCUT2D eigenvalue weighted by molar-refractivity contribution is 9.10. The van der Waals surface area contributed by atoms with E-state index in [1.165, 1.54) is 0 Å². The molecule has 0 bridgehead atoms. The lowest BCUT2D eigenvalue weighted by Gasteiger charge is -2.17. The van der Waals surface area contributed by atoms with Crippen LogP contribution in [0.3, 0.4) is 0 Å². The van der Waals surface area contributed by atoms with Crippen LogP contribution in [0.1, 0.15) is 17.0 Å². The van der Waals surface area contributed by atoms with Crippen LogP contribution in [0, 0.1) is 0 Å². The maximum Gasteiger partial charge on any atom is 0.167 e. The van der Waals surface area contributed by atoms with Gasteiger partial charge in [-0.25, -0.2) is 4.98 Å². The van der Waals surface area contributed by atoms with Gasteiger partial charge in [0.05, 0.1) is 24.7 Å². The molecule has 1 heterocycles. The molecule has 160 valence electrons. The van der Waals surface area contributed by atoms with Crippen molar-refractivity contribution in [1.29, 1.82) is 0 Å². The average molecular weight is 521 g/mol. The van der Waals surface area contributed by atoms with E-state index < -0.39 is 0 Å². The fourth-order valence-corrected chi connectivity index (χ4v) is 4.17. The highest BCUT2D eigenvalue weighted by Crippen LogP contribution is 2.37. The van der Waals surface area contributed by atoms with E-state index in [-0.39, 0.29) is 0 Å². The van der Waals surface area contributed by atoms with E-state index in [2.05, 4.69) is 31.2 Å². The van der Waals surface area contributed by atoms with Crippen molar-refractivity contribution in [3.05, 3.63) is 86.1 Å². The molecule has 0 aliphatic carbocycles. The van der Waals surface area contributed by atoms with Gasteiger partial charge in [0.1, 0.15) is 12.4 Å². The Labute approximate surface area is 198 Å². The minimum absolute atomic E-state index is 0.291. The monoisotopic (exact) mass is 519 g/mol. The molecule has 8 heteroatoms. The third-order valence-corrected chi connectivity index (χ3v) is 6.14. The summed E-state index contributed by atoms with van der Waals surface area (Å²) in [5.41, 5.74) is 3.76. The molecule has 0 spiro atoms. The summed E-state index contributed by atoms with van der Waals surface area (Å²) in [5.74, 6) is 2.17. The molecule has 2 N–H and O–H groups in total. The van der Waals surface area contributed by atoms with Gasteiger partial charge in [-0.2, -0.15) is 0 Å². The van der Waals surface area contributed by atoms with Gasteiger partial charge in [0.25, 0.3) is 0 Å². The first-order chi connectivity index (χ1) is 15.0. The van der Waals surface area contributed by atoms with E-state index in [0.29, 0.717) is 41.2 Å². The van der Waals surface area contributed by atoms with Gasteiger partial charge < -0.3 is 19.8 Å². The van der Waals surface area contributed by atoms with Crippen LogP contribution < -0.4 is 14.8 Å². The Bertz CT molecular complexity index is 1180. The molecule has 0 fully saturated rings. The van der Waals surface area contributed by atoms with Gasteiger partial charge in [0.15, 0.2) is 11.5 Å². The standard InChI is InChI=1S/C23H20BrCl2N3O2/c1-30-21-9-8-17(24)16(23(21)31-13-14-6-7-15(25)10-18(14)26)11-27-12-22-28-19-4-2-3-5-20(19)29-22/h2-10,27H,11-13H2,1H3,(H,28,29). The lowest BCUT2D eigenvalue weighted by molar-refractivity contribution is 0.280. The van der Waals surface area contributed by atoms with Crippen molar-refractivity contribution >= 4 is 50.2 Å². The molecule has 4 rings (SSSR count). The second-order valence-electron chi connectivity index (χ2n) is 6.89. The first-order valence-electron chi connectivity index (χ1n) is 9.61. The fourth-order valence-electron chi connectivity index (χ4n) is 3.25. The molecular weight excluding hydrogens is 501 g/mol. The first kappa shape index (κ1) is 22.0. The Morgan fingerprint density at radius 1 is 1.06 bits per heavy atom. The Balaban J connectivity index is 1.50. The summed E-state index contributed by atoms with van der Waals surface area (Å²) in [4.78, 5) is 7.93. The number of aromatic nitrogens is 2. The molecule has 3 aromatic carbocycles. The fraction of sp³-hybridized carbons (Fsp3) is 0.174. The number of hydrogen-bond donors (Lipinski definition) is 2. The van der Waals surface area contributed by atoms with E-state index in [1.54, 1.807) is 19.2 Å². The lowest BCUT2D eigenvalue weighted by Crippen LogP contribution is -2.15. The van der Waals surface area contributed by atoms with Crippen LogP contribution in [0.5, 0.6) is 11.5 Å². The number of H-pyrrole nitrogens is 1. The van der Waals surface area contributed by atoms with Crippen LogP contribution >= 0.6 is 39.1 Å². The predicted octanol–water partition coefficient (Wildman–Crippen LogP) is 6.51. The summed E-state index contributed by atoms with van der Waals surface area (Å²) in [5, 5.41) is 4.57. The third-order valence-electron chi connectivity index (χ3n) is 4.81. The summed E-state index contributed by atoms with van der Waals surface area (Å²) in [6.07, 6.45) is 0. The molecule has 0 atom stereocenters. The van der Waals surface area contributed by atoms with Crippen LogP contribution in [0.25, 0.3) is 11.0 Å². The van der Waals surface area contributed by atoms with Crippen molar-refractivity contribution in [2.24, 2.45) is 0 Å². The van der Waals surface area contributed by atoms with Gasteiger partial charge >= 0.3 is 0 Å². The van der Waals surface area contributed by atoms with E-state index in [9.17, 15) is 0 Å². The number of fused-ring (bicyclic) bond motifs is 1. The van der Waals surface area contributed by atoms with Crippen molar-refractivity contribution < 1.29 is 9.47 Å². The largest absolute Gasteiger partial charge is 0.493 e. The molecule has 0 radical (unpaired) electrons. The Kier molecular flexibility index (Phi) is 7.02. The molecule has 0 saturated heterocycles.